The number of nitrogens with zero attached hydrogens (tertiary/aromatic N) is 2. The lowest BCUT2D eigenvalue weighted by Gasteiger charge is -2.17. The molecule has 0 bridgehead atoms. The van der Waals surface area contributed by atoms with E-state index in [9.17, 15) is 4.79 Å². The lowest BCUT2D eigenvalue weighted by atomic mass is 9.89. The van der Waals surface area contributed by atoms with Crippen LogP contribution >= 0.6 is 0 Å². The van der Waals surface area contributed by atoms with Crippen LogP contribution in [0.1, 0.15) is 45.9 Å². The van der Waals surface area contributed by atoms with E-state index >= 15 is 0 Å². The molecule has 20 heavy (non-hydrogen) atoms. The van der Waals surface area contributed by atoms with Gasteiger partial charge in [-0.3, -0.25) is 9.48 Å². The highest BCUT2D eigenvalue weighted by atomic mass is 16.1. The summed E-state index contributed by atoms with van der Waals surface area (Å²) in [5.74, 6) is 0.143. The van der Waals surface area contributed by atoms with Gasteiger partial charge in [0.25, 0.3) is 0 Å². The molecule has 0 aliphatic heterocycles. The molecule has 114 valence electrons. The van der Waals surface area contributed by atoms with Crippen LogP contribution in [0, 0.1) is 5.92 Å². The van der Waals surface area contributed by atoms with Crippen molar-refractivity contribution in [3.8, 4) is 0 Å². The Hall–Kier alpha value is -1.36. The molecule has 1 aromatic rings. The van der Waals surface area contributed by atoms with Gasteiger partial charge in [-0.15, -0.1) is 0 Å². The Morgan fingerprint density at radius 1 is 1.35 bits per heavy atom. The van der Waals surface area contributed by atoms with Crippen LogP contribution in [0.3, 0.4) is 0 Å². The molecule has 5 nitrogen and oxygen atoms in total. The van der Waals surface area contributed by atoms with Gasteiger partial charge in [-0.2, -0.15) is 5.10 Å². The predicted octanol–water partition coefficient (Wildman–Crippen LogP) is 1.58. The van der Waals surface area contributed by atoms with Crippen LogP contribution in [0.2, 0.25) is 0 Å². The van der Waals surface area contributed by atoms with Crippen LogP contribution in [0.4, 0.5) is 0 Å². The van der Waals surface area contributed by atoms with Gasteiger partial charge in [-0.1, -0.05) is 34.6 Å². The number of amides is 1. The Balaban J connectivity index is 2.41. The maximum atomic E-state index is 11.4. The molecule has 1 aromatic heterocycles. The summed E-state index contributed by atoms with van der Waals surface area (Å²) in [7, 11) is 1.95. The van der Waals surface area contributed by atoms with Crippen molar-refractivity contribution < 1.29 is 4.79 Å². The molecule has 0 saturated carbocycles. The van der Waals surface area contributed by atoms with E-state index in [2.05, 4.69) is 42.7 Å². The number of hydrogen-bond donors (Lipinski definition) is 2. The van der Waals surface area contributed by atoms with Crippen molar-refractivity contribution in [1.82, 2.24) is 20.4 Å². The smallest absolute Gasteiger partial charge is 0.222 e. The van der Waals surface area contributed by atoms with E-state index in [1.54, 1.807) is 0 Å². The molecule has 0 spiro atoms. The minimum Gasteiger partial charge on any atom is -0.355 e. The van der Waals surface area contributed by atoms with Crippen molar-refractivity contribution in [1.29, 1.82) is 0 Å². The summed E-state index contributed by atoms with van der Waals surface area (Å²) in [6, 6.07) is 0. The lowest BCUT2D eigenvalue weighted by Crippen LogP contribution is -2.34. The molecule has 0 radical (unpaired) electrons. The highest BCUT2D eigenvalue weighted by Crippen LogP contribution is 2.23. The van der Waals surface area contributed by atoms with Crippen LogP contribution < -0.4 is 10.6 Å². The monoisotopic (exact) mass is 280 g/mol. The third kappa shape index (κ3) is 4.96. The van der Waals surface area contributed by atoms with Gasteiger partial charge < -0.3 is 10.6 Å². The Kier molecular flexibility index (Phi) is 5.74. The summed E-state index contributed by atoms with van der Waals surface area (Å²) in [5, 5.41) is 10.8. The van der Waals surface area contributed by atoms with Gasteiger partial charge >= 0.3 is 0 Å². The van der Waals surface area contributed by atoms with Crippen molar-refractivity contribution in [2.45, 2.75) is 46.6 Å². The molecule has 0 aliphatic rings. The summed E-state index contributed by atoms with van der Waals surface area (Å²) >= 11 is 0. The molecule has 1 amide bonds. The first kappa shape index (κ1) is 16.7. The fourth-order valence-corrected chi connectivity index (χ4v) is 2.00. The van der Waals surface area contributed by atoms with Crippen molar-refractivity contribution in [2.24, 2.45) is 13.0 Å². The highest BCUT2D eigenvalue weighted by Gasteiger charge is 2.21. The fourth-order valence-electron chi connectivity index (χ4n) is 2.00. The third-order valence-corrected chi connectivity index (χ3v) is 3.06. The number of hydrogen-bond acceptors (Lipinski definition) is 3. The molecular weight excluding hydrogens is 252 g/mol. The Morgan fingerprint density at radius 3 is 2.55 bits per heavy atom. The summed E-state index contributed by atoms with van der Waals surface area (Å²) in [6.07, 6.45) is 2.06. The second kappa shape index (κ2) is 6.88. The minimum atomic E-state index is 0.0424. The molecule has 0 aromatic carbocycles. The fraction of sp³-hybridized carbons (Fsp3) is 0.733. The van der Waals surface area contributed by atoms with Crippen molar-refractivity contribution >= 4 is 5.91 Å². The van der Waals surface area contributed by atoms with E-state index in [-0.39, 0.29) is 17.2 Å². The normalized spacial score (nSPS) is 11.9. The van der Waals surface area contributed by atoms with Gasteiger partial charge in [0.1, 0.15) is 0 Å². The standard InChI is InChI=1S/C15H28N4O/c1-11(2)14(20)17-8-7-16-9-12-10-19(6)18-13(12)15(3,4)5/h10-11,16H,7-9H2,1-6H3,(H,17,20). The zero-order valence-electron chi connectivity index (χ0n) is 13.6. The first-order valence-electron chi connectivity index (χ1n) is 7.23. The summed E-state index contributed by atoms with van der Waals surface area (Å²) < 4.78 is 1.86. The van der Waals surface area contributed by atoms with Crippen molar-refractivity contribution in [2.75, 3.05) is 13.1 Å². The van der Waals surface area contributed by atoms with E-state index in [4.69, 9.17) is 0 Å². The second-order valence-electron chi connectivity index (χ2n) is 6.55. The minimum absolute atomic E-state index is 0.0424. The maximum absolute atomic E-state index is 11.4. The quantitative estimate of drug-likeness (QED) is 0.778. The van der Waals surface area contributed by atoms with Crippen LogP contribution in [0.5, 0.6) is 0 Å². The molecule has 0 fully saturated rings. The van der Waals surface area contributed by atoms with Gasteiger partial charge in [0.05, 0.1) is 5.69 Å². The average Bonchev–Trinajstić information content (AvgIpc) is 2.69. The molecule has 0 aliphatic carbocycles. The lowest BCUT2D eigenvalue weighted by molar-refractivity contribution is -0.123. The van der Waals surface area contributed by atoms with Gasteiger partial charge in [-0.05, 0) is 0 Å². The molecule has 5 heteroatoms. The molecule has 0 unspecified atom stereocenters. The number of nitrogens with one attached hydrogen (secondary N) is 2. The first-order valence-corrected chi connectivity index (χ1v) is 7.23. The van der Waals surface area contributed by atoms with Gasteiger partial charge in [0.15, 0.2) is 0 Å². The van der Waals surface area contributed by atoms with Crippen LogP contribution in [0.25, 0.3) is 0 Å². The SMILES string of the molecule is CC(C)C(=O)NCCNCc1cn(C)nc1C(C)(C)C. The van der Waals surface area contributed by atoms with Crippen LogP contribution in [0.15, 0.2) is 6.20 Å². The largest absolute Gasteiger partial charge is 0.355 e. The Morgan fingerprint density at radius 2 is 2.00 bits per heavy atom. The van der Waals surface area contributed by atoms with E-state index in [1.165, 1.54) is 5.56 Å². The Bertz CT molecular complexity index is 443. The van der Waals surface area contributed by atoms with Crippen LogP contribution in [-0.2, 0) is 23.8 Å². The topological polar surface area (TPSA) is 59.0 Å². The average molecular weight is 280 g/mol. The zero-order valence-corrected chi connectivity index (χ0v) is 13.6. The van der Waals surface area contributed by atoms with E-state index < -0.39 is 0 Å². The van der Waals surface area contributed by atoms with Crippen molar-refractivity contribution in [3.05, 3.63) is 17.5 Å². The van der Waals surface area contributed by atoms with Gasteiger partial charge in [0, 0.05) is 49.8 Å². The summed E-state index contributed by atoms with van der Waals surface area (Å²) in [6.45, 7) is 12.5. The van der Waals surface area contributed by atoms with E-state index in [0.717, 1.165) is 18.8 Å². The molecule has 1 rings (SSSR count). The molecule has 2 N–H and O–H groups in total. The number of rotatable bonds is 6. The van der Waals surface area contributed by atoms with E-state index in [0.29, 0.717) is 6.54 Å². The van der Waals surface area contributed by atoms with Gasteiger partial charge in [-0.25, -0.2) is 0 Å². The Labute approximate surface area is 122 Å². The molecule has 0 saturated heterocycles. The number of aromatic nitrogens is 2. The van der Waals surface area contributed by atoms with E-state index in [1.807, 2.05) is 25.6 Å². The number of carbonyl (C=O) groups is 1. The maximum Gasteiger partial charge on any atom is 0.222 e. The number of aryl methyl sites for hydroxylation is 1. The number of carbonyl (C=O) groups excluding carboxylic acids is 1. The van der Waals surface area contributed by atoms with Gasteiger partial charge in [0.2, 0.25) is 5.91 Å². The molecule has 0 atom stereocenters. The van der Waals surface area contributed by atoms with Crippen LogP contribution in [-0.4, -0.2) is 28.8 Å². The molecular formula is C15H28N4O. The predicted molar refractivity (Wildman–Crippen MR) is 81.5 cm³/mol. The first-order chi connectivity index (χ1) is 9.21. The second-order valence-corrected chi connectivity index (χ2v) is 6.55. The van der Waals surface area contributed by atoms with Crippen molar-refractivity contribution in [3.63, 3.8) is 0 Å². The summed E-state index contributed by atoms with van der Waals surface area (Å²) in [4.78, 5) is 11.4. The highest BCUT2D eigenvalue weighted by molar-refractivity contribution is 5.77. The third-order valence-electron chi connectivity index (χ3n) is 3.06. The molecule has 1 heterocycles. The summed E-state index contributed by atoms with van der Waals surface area (Å²) in [5.41, 5.74) is 2.39. The zero-order chi connectivity index (χ0) is 15.3.